The molecule has 1 atom stereocenters. The Morgan fingerprint density at radius 2 is 2.20 bits per heavy atom. The Balaban J connectivity index is 2.42. The van der Waals surface area contributed by atoms with Crippen molar-refractivity contribution < 1.29 is 18.0 Å². The lowest BCUT2D eigenvalue weighted by molar-refractivity contribution is -0.144. The molecule has 1 aromatic rings. The van der Waals surface area contributed by atoms with Crippen LogP contribution >= 0.6 is 0 Å². The van der Waals surface area contributed by atoms with Crippen molar-refractivity contribution in [3.05, 3.63) is 11.9 Å². The van der Waals surface area contributed by atoms with Gasteiger partial charge in [0.25, 0.3) is 0 Å². The number of alkyl halides is 3. The summed E-state index contributed by atoms with van der Waals surface area (Å²) in [4.78, 5) is 19.8. The summed E-state index contributed by atoms with van der Waals surface area (Å²) in [5.74, 6) is 3.38. The summed E-state index contributed by atoms with van der Waals surface area (Å²) in [7, 11) is 0. The van der Waals surface area contributed by atoms with Gasteiger partial charge in [0, 0.05) is 19.2 Å². The minimum atomic E-state index is -4.69. The van der Waals surface area contributed by atoms with Crippen LogP contribution in [0.2, 0.25) is 0 Å². The molecule has 0 bridgehead atoms. The van der Waals surface area contributed by atoms with E-state index in [1.54, 1.807) is 6.92 Å². The topological polar surface area (TPSA) is 96.2 Å². The molecule has 1 unspecified atom stereocenters. The molecule has 1 fully saturated rings. The average Bonchev–Trinajstić information content (AvgIpc) is 2.40. The van der Waals surface area contributed by atoms with Gasteiger partial charge in [0.2, 0.25) is 11.7 Å². The lowest BCUT2D eigenvalue weighted by atomic mass is 10.2. The van der Waals surface area contributed by atoms with Crippen LogP contribution in [0.5, 0.6) is 0 Å². The molecule has 1 aromatic heterocycles. The molecule has 0 radical (unpaired) electrons. The van der Waals surface area contributed by atoms with E-state index in [1.807, 2.05) is 0 Å². The van der Waals surface area contributed by atoms with E-state index < -0.39 is 18.0 Å². The number of nitrogen functional groups attached to an aromatic ring is 1. The zero-order valence-electron chi connectivity index (χ0n) is 10.5. The number of anilines is 2. The Morgan fingerprint density at radius 3 is 2.80 bits per heavy atom. The molecule has 110 valence electrons. The first-order valence-electron chi connectivity index (χ1n) is 5.80. The van der Waals surface area contributed by atoms with E-state index in [0.29, 0.717) is 13.1 Å². The number of carbonyl (C=O) groups is 1. The molecule has 1 saturated heterocycles. The van der Waals surface area contributed by atoms with Crippen LogP contribution in [0.3, 0.4) is 0 Å². The predicted octanol–water partition coefficient (Wildman–Crippen LogP) is 0.106. The van der Waals surface area contributed by atoms with Crippen LogP contribution in [0.1, 0.15) is 12.7 Å². The van der Waals surface area contributed by atoms with E-state index in [1.165, 1.54) is 11.0 Å². The van der Waals surface area contributed by atoms with E-state index in [4.69, 9.17) is 5.84 Å². The number of nitrogens with two attached hydrogens (primary N) is 1. The standard InChI is InChI=1S/C10H13F3N6O/c1-5-8(20)15-2-3-19(5)7-4-6(18-14)16-9(17-7)10(11,12)13/h4-5H,2-3,14H2,1H3,(H,15,20)(H,16,17,18). The van der Waals surface area contributed by atoms with Gasteiger partial charge in [-0.25, -0.2) is 15.8 Å². The van der Waals surface area contributed by atoms with Gasteiger partial charge in [0.05, 0.1) is 0 Å². The zero-order valence-corrected chi connectivity index (χ0v) is 10.5. The third-order valence-electron chi connectivity index (χ3n) is 2.91. The number of carbonyl (C=O) groups excluding carboxylic acids is 1. The Bertz CT molecular complexity index is 520. The number of piperazine rings is 1. The highest BCUT2D eigenvalue weighted by molar-refractivity contribution is 5.85. The van der Waals surface area contributed by atoms with Crippen LogP contribution < -0.4 is 21.5 Å². The number of aromatic nitrogens is 2. The molecule has 1 aliphatic heterocycles. The van der Waals surface area contributed by atoms with Crippen LogP contribution in [0, 0.1) is 0 Å². The summed E-state index contributed by atoms with van der Waals surface area (Å²) in [6.07, 6.45) is -4.69. The van der Waals surface area contributed by atoms with E-state index >= 15 is 0 Å². The SMILES string of the molecule is CC1C(=O)NCCN1c1cc(NN)nc(C(F)(F)F)n1. The van der Waals surface area contributed by atoms with Crippen molar-refractivity contribution in [1.82, 2.24) is 15.3 Å². The van der Waals surface area contributed by atoms with Gasteiger partial charge >= 0.3 is 6.18 Å². The largest absolute Gasteiger partial charge is 0.451 e. The highest BCUT2D eigenvalue weighted by Gasteiger charge is 2.37. The number of hydrogen-bond donors (Lipinski definition) is 3. The number of nitrogens with zero attached hydrogens (tertiary/aromatic N) is 3. The van der Waals surface area contributed by atoms with Crippen molar-refractivity contribution in [3.63, 3.8) is 0 Å². The van der Waals surface area contributed by atoms with Crippen molar-refractivity contribution >= 4 is 17.5 Å². The fourth-order valence-corrected chi connectivity index (χ4v) is 1.88. The van der Waals surface area contributed by atoms with Gasteiger partial charge in [-0.15, -0.1) is 0 Å². The lowest BCUT2D eigenvalue weighted by Gasteiger charge is -2.34. The second-order valence-electron chi connectivity index (χ2n) is 4.24. The minimum absolute atomic E-state index is 0.00243. The Labute approximate surface area is 112 Å². The molecule has 4 N–H and O–H groups in total. The van der Waals surface area contributed by atoms with Crippen molar-refractivity contribution in [3.8, 4) is 0 Å². The van der Waals surface area contributed by atoms with Gasteiger partial charge in [-0.2, -0.15) is 13.2 Å². The second kappa shape index (κ2) is 5.12. The number of halogens is 3. The third kappa shape index (κ3) is 2.74. The number of amides is 1. The van der Waals surface area contributed by atoms with E-state index in [0.717, 1.165) is 0 Å². The van der Waals surface area contributed by atoms with Crippen LogP contribution in [-0.4, -0.2) is 35.0 Å². The molecule has 2 rings (SSSR count). The van der Waals surface area contributed by atoms with Crippen LogP contribution in [0.25, 0.3) is 0 Å². The first-order valence-corrected chi connectivity index (χ1v) is 5.80. The van der Waals surface area contributed by atoms with Gasteiger partial charge in [0.15, 0.2) is 0 Å². The summed E-state index contributed by atoms with van der Waals surface area (Å²) in [5.41, 5.74) is 2.07. The minimum Gasteiger partial charge on any atom is -0.353 e. The summed E-state index contributed by atoms with van der Waals surface area (Å²) in [6.45, 7) is 2.27. The van der Waals surface area contributed by atoms with Crippen molar-refractivity contribution in [2.75, 3.05) is 23.4 Å². The quantitative estimate of drug-likeness (QED) is 0.528. The molecule has 0 spiro atoms. The maximum Gasteiger partial charge on any atom is 0.451 e. The number of hydrogen-bond acceptors (Lipinski definition) is 6. The molecule has 1 amide bonds. The van der Waals surface area contributed by atoms with Gasteiger partial charge in [-0.1, -0.05) is 0 Å². The summed E-state index contributed by atoms with van der Waals surface area (Å²) < 4.78 is 38.2. The Morgan fingerprint density at radius 1 is 1.50 bits per heavy atom. The molecular weight excluding hydrogens is 277 g/mol. The molecule has 2 heterocycles. The molecule has 0 aliphatic carbocycles. The maximum absolute atomic E-state index is 12.7. The van der Waals surface area contributed by atoms with Crippen LogP contribution in [-0.2, 0) is 11.0 Å². The molecule has 0 aromatic carbocycles. The lowest BCUT2D eigenvalue weighted by Crippen LogP contribution is -2.54. The maximum atomic E-state index is 12.7. The second-order valence-corrected chi connectivity index (χ2v) is 4.24. The number of nitrogens with one attached hydrogen (secondary N) is 2. The summed E-state index contributed by atoms with van der Waals surface area (Å²) in [6, 6.07) is 0.648. The fraction of sp³-hybridized carbons (Fsp3) is 0.500. The van der Waals surface area contributed by atoms with Crippen LogP contribution in [0.15, 0.2) is 6.07 Å². The Hall–Kier alpha value is -2.10. The first-order chi connectivity index (χ1) is 9.32. The highest BCUT2D eigenvalue weighted by atomic mass is 19.4. The highest BCUT2D eigenvalue weighted by Crippen LogP contribution is 2.29. The fourth-order valence-electron chi connectivity index (χ4n) is 1.88. The Kier molecular flexibility index (Phi) is 3.66. The third-order valence-corrected chi connectivity index (χ3v) is 2.91. The van der Waals surface area contributed by atoms with Crippen LogP contribution in [0.4, 0.5) is 24.8 Å². The van der Waals surface area contributed by atoms with Crippen molar-refractivity contribution in [2.45, 2.75) is 19.1 Å². The zero-order chi connectivity index (χ0) is 14.9. The smallest absolute Gasteiger partial charge is 0.353 e. The van der Waals surface area contributed by atoms with Gasteiger partial charge in [-0.05, 0) is 6.92 Å². The van der Waals surface area contributed by atoms with Crippen molar-refractivity contribution in [2.24, 2.45) is 5.84 Å². The van der Waals surface area contributed by atoms with E-state index in [-0.39, 0.29) is 17.5 Å². The molecule has 0 saturated carbocycles. The summed E-state index contributed by atoms with van der Waals surface area (Å²) in [5, 5.41) is 2.62. The normalized spacial score (nSPS) is 19.8. The van der Waals surface area contributed by atoms with Crippen molar-refractivity contribution in [1.29, 1.82) is 0 Å². The first kappa shape index (κ1) is 14.3. The predicted molar refractivity (Wildman–Crippen MR) is 64.7 cm³/mol. The molecule has 7 nitrogen and oxygen atoms in total. The van der Waals surface area contributed by atoms with Gasteiger partial charge in [-0.3, -0.25) is 4.79 Å². The molecule has 1 aliphatic rings. The molecule has 10 heteroatoms. The van der Waals surface area contributed by atoms with Gasteiger partial charge < -0.3 is 15.6 Å². The van der Waals surface area contributed by atoms with E-state index in [9.17, 15) is 18.0 Å². The summed E-state index contributed by atoms with van der Waals surface area (Å²) >= 11 is 0. The number of hydrazine groups is 1. The van der Waals surface area contributed by atoms with E-state index in [2.05, 4.69) is 20.7 Å². The van der Waals surface area contributed by atoms with Gasteiger partial charge in [0.1, 0.15) is 17.7 Å². The average molecular weight is 290 g/mol. The monoisotopic (exact) mass is 290 g/mol. The molecular formula is C10H13F3N6O. The molecule has 20 heavy (non-hydrogen) atoms. The number of rotatable bonds is 2.